The molecule has 0 unspecified atom stereocenters. The van der Waals surface area contributed by atoms with E-state index in [0.29, 0.717) is 10.9 Å². The highest BCUT2D eigenvalue weighted by Gasteiger charge is 2.28. The van der Waals surface area contributed by atoms with Crippen molar-refractivity contribution in [3.63, 3.8) is 0 Å². The molecular weight excluding hydrogens is 382 g/mol. The van der Waals surface area contributed by atoms with Crippen molar-refractivity contribution in [3.05, 3.63) is 64.3 Å². The molecule has 1 atom stereocenters. The molecular formula is C25H28ClNO2. The molecule has 0 amide bonds. The van der Waals surface area contributed by atoms with Gasteiger partial charge in [0.1, 0.15) is 6.10 Å². The van der Waals surface area contributed by atoms with E-state index in [2.05, 4.69) is 25.1 Å². The SMILES string of the molecule is Cc1cc2nc(C3CC3)ccc2c(-c2ccc(Cl)cc2)c1[C@@H](CO)OC(C)(C)C. The molecule has 29 heavy (non-hydrogen) atoms. The highest BCUT2D eigenvalue weighted by molar-refractivity contribution is 6.30. The number of aromatic nitrogens is 1. The minimum atomic E-state index is -0.423. The number of fused-ring (bicyclic) bond motifs is 1. The molecule has 1 fully saturated rings. The topological polar surface area (TPSA) is 42.4 Å². The van der Waals surface area contributed by atoms with E-state index in [4.69, 9.17) is 21.3 Å². The standard InChI is InChI=1S/C25H28ClNO2/c1-15-13-21-19(11-12-20(27-21)16-5-6-16)24(17-7-9-18(26)10-8-17)23(15)22(14-28)29-25(2,3)4/h7-13,16,22,28H,5-6,14H2,1-4H3/t22-/m1/s1. The van der Waals surface area contributed by atoms with Crippen molar-refractivity contribution in [2.75, 3.05) is 6.61 Å². The molecule has 2 aromatic carbocycles. The van der Waals surface area contributed by atoms with E-state index in [-0.39, 0.29) is 12.2 Å². The number of aryl methyl sites for hydroxylation is 1. The summed E-state index contributed by atoms with van der Waals surface area (Å²) in [4.78, 5) is 4.97. The van der Waals surface area contributed by atoms with Gasteiger partial charge in [-0.3, -0.25) is 4.98 Å². The summed E-state index contributed by atoms with van der Waals surface area (Å²) in [6.45, 7) is 8.03. The Morgan fingerprint density at radius 2 is 1.83 bits per heavy atom. The van der Waals surface area contributed by atoms with Crippen LogP contribution >= 0.6 is 11.6 Å². The Morgan fingerprint density at radius 3 is 2.41 bits per heavy atom. The minimum Gasteiger partial charge on any atom is -0.393 e. The van der Waals surface area contributed by atoms with Gasteiger partial charge in [-0.05, 0) is 87.1 Å². The molecule has 0 radical (unpaired) electrons. The van der Waals surface area contributed by atoms with E-state index in [1.807, 2.05) is 45.0 Å². The maximum absolute atomic E-state index is 10.2. The van der Waals surface area contributed by atoms with Gasteiger partial charge in [0.05, 0.1) is 17.7 Å². The van der Waals surface area contributed by atoms with Crippen LogP contribution in [0.1, 0.15) is 62.5 Å². The molecule has 0 spiro atoms. The predicted molar refractivity (Wildman–Crippen MR) is 120 cm³/mol. The number of rotatable bonds is 5. The van der Waals surface area contributed by atoms with E-state index in [9.17, 15) is 5.11 Å². The van der Waals surface area contributed by atoms with Gasteiger partial charge >= 0.3 is 0 Å². The van der Waals surface area contributed by atoms with Crippen LogP contribution in [0, 0.1) is 6.92 Å². The van der Waals surface area contributed by atoms with Crippen LogP contribution in [0.4, 0.5) is 0 Å². The normalized spacial score (nSPS) is 15.7. The fraction of sp³-hybridized carbons (Fsp3) is 0.400. The first-order chi connectivity index (χ1) is 13.8. The summed E-state index contributed by atoms with van der Waals surface area (Å²) >= 11 is 6.15. The Bertz CT molecular complexity index is 1030. The van der Waals surface area contributed by atoms with Crippen LogP contribution in [0.2, 0.25) is 5.02 Å². The molecule has 1 heterocycles. The van der Waals surface area contributed by atoms with Gasteiger partial charge in [-0.15, -0.1) is 0 Å². The second kappa shape index (κ2) is 7.71. The minimum absolute atomic E-state index is 0.0855. The van der Waals surface area contributed by atoms with Crippen molar-refractivity contribution in [2.24, 2.45) is 0 Å². The van der Waals surface area contributed by atoms with Crippen LogP contribution in [-0.4, -0.2) is 22.3 Å². The number of benzene rings is 2. The summed E-state index contributed by atoms with van der Waals surface area (Å²) in [7, 11) is 0. The van der Waals surface area contributed by atoms with Crippen LogP contribution in [0.25, 0.3) is 22.0 Å². The molecule has 1 aromatic heterocycles. The van der Waals surface area contributed by atoms with Gasteiger partial charge in [0.25, 0.3) is 0 Å². The third kappa shape index (κ3) is 4.32. The molecule has 0 aliphatic heterocycles. The molecule has 152 valence electrons. The Labute approximate surface area is 177 Å². The molecule has 3 nitrogen and oxygen atoms in total. The van der Waals surface area contributed by atoms with Gasteiger partial charge in [0.2, 0.25) is 0 Å². The Kier molecular flexibility index (Phi) is 5.41. The van der Waals surface area contributed by atoms with E-state index in [1.165, 1.54) is 18.5 Å². The second-order valence-corrected chi connectivity index (χ2v) is 9.40. The summed E-state index contributed by atoms with van der Waals surface area (Å²) < 4.78 is 6.26. The van der Waals surface area contributed by atoms with Crippen LogP contribution in [0.3, 0.4) is 0 Å². The molecule has 0 bridgehead atoms. The Balaban J connectivity index is 1.97. The lowest BCUT2D eigenvalue weighted by atomic mass is 9.88. The van der Waals surface area contributed by atoms with Gasteiger partial charge in [-0.25, -0.2) is 0 Å². The fourth-order valence-electron chi connectivity index (χ4n) is 4.00. The Hall–Kier alpha value is -1.94. The van der Waals surface area contributed by atoms with Crippen molar-refractivity contribution in [1.29, 1.82) is 0 Å². The molecule has 1 N–H and O–H groups in total. The second-order valence-electron chi connectivity index (χ2n) is 8.97. The van der Waals surface area contributed by atoms with Gasteiger partial charge < -0.3 is 9.84 Å². The first-order valence-electron chi connectivity index (χ1n) is 10.3. The summed E-state index contributed by atoms with van der Waals surface area (Å²) in [5.41, 5.74) is 6.00. The first kappa shape index (κ1) is 20.3. The van der Waals surface area contributed by atoms with E-state index in [0.717, 1.165) is 33.2 Å². The number of nitrogens with zero attached hydrogens (tertiary/aromatic N) is 1. The number of hydrogen-bond donors (Lipinski definition) is 1. The fourth-order valence-corrected chi connectivity index (χ4v) is 4.13. The maximum Gasteiger partial charge on any atom is 0.107 e. The summed E-state index contributed by atoms with van der Waals surface area (Å²) in [5.74, 6) is 0.604. The molecule has 1 aliphatic carbocycles. The highest BCUT2D eigenvalue weighted by Crippen LogP contribution is 2.43. The summed E-state index contributed by atoms with van der Waals surface area (Å²) in [6.07, 6.45) is 2.03. The number of aliphatic hydroxyl groups excluding tert-OH is 1. The van der Waals surface area contributed by atoms with Crippen LogP contribution in [-0.2, 0) is 4.74 Å². The highest BCUT2D eigenvalue weighted by atomic mass is 35.5. The molecule has 3 aromatic rings. The molecule has 1 saturated carbocycles. The summed E-state index contributed by atoms with van der Waals surface area (Å²) in [5, 5.41) is 12.0. The van der Waals surface area contributed by atoms with Crippen LogP contribution in [0.15, 0.2) is 42.5 Å². The third-order valence-electron chi connectivity index (χ3n) is 5.38. The van der Waals surface area contributed by atoms with Crippen molar-refractivity contribution in [3.8, 4) is 11.1 Å². The largest absolute Gasteiger partial charge is 0.393 e. The van der Waals surface area contributed by atoms with Crippen LogP contribution in [0.5, 0.6) is 0 Å². The lowest BCUT2D eigenvalue weighted by Gasteiger charge is -2.30. The molecule has 4 heteroatoms. The monoisotopic (exact) mass is 409 g/mol. The van der Waals surface area contributed by atoms with Gasteiger partial charge in [0.15, 0.2) is 0 Å². The van der Waals surface area contributed by atoms with E-state index >= 15 is 0 Å². The predicted octanol–water partition coefficient (Wildman–Crippen LogP) is 6.59. The molecule has 4 rings (SSSR count). The first-order valence-corrected chi connectivity index (χ1v) is 10.6. The number of hydrogen-bond acceptors (Lipinski definition) is 3. The van der Waals surface area contributed by atoms with Gasteiger partial charge in [-0.1, -0.05) is 29.8 Å². The zero-order valence-electron chi connectivity index (χ0n) is 17.5. The Morgan fingerprint density at radius 1 is 1.14 bits per heavy atom. The van der Waals surface area contributed by atoms with Gasteiger partial charge in [-0.2, -0.15) is 0 Å². The average molecular weight is 410 g/mol. The third-order valence-corrected chi connectivity index (χ3v) is 5.63. The van der Waals surface area contributed by atoms with E-state index in [1.54, 1.807) is 0 Å². The van der Waals surface area contributed by atoms with Gasteiger partial charge in [0, 0.05) is 22.0 Å². The molecule has 1 aliphatic rings. The number of pyridine rings is 1. The zero-order chi connectivity index (χ0) is 20.8. The lowest BCUT2D eigenvalue weighted by molar-refractivity contribution is -0.0821. The molecule has 0 saturated heterocycles. The van der Waals surface area contributed by atoms with Crippen LogP contribution < -0.4 is 0 Å². The van der Waals surface area contributed by atoms with Crippen molar-refractivity contribution in [2.45, 2.75) is 58.2 Å². The van der Waals surface area contributed by atoms with E-state index < -0.39 is 6.10 Å². The number of halogens is 1. The average Bonchev–Trinajstić information content (AvgIpc) is 3.50. The maximum atomic E-state index is 10.2. The number of ether oxygens (including phenoxy) is 1. The number of aliphatic hydroxyl groups is 1. The quantitative estimate of drug-likeness (QED) is 0.516. The van der Waals surface area contributed by atoms with Crippen molar-refractivity contribution < 1.29 is 9.84 Å². The zero-order valence-corrected chi connectivity index (χ0v) is 18.3. The summed E-state index contributed by atoms with van der Waals surface area (Å²) in [6, 6.07) is 14.3. The van der Waals surface area contributed by atoms with Crippen molar-refractivity contribution >= 4 is 22.5 Å². The smallest absolute Gasteiger partial charge is 0.107 e. The van der Waals surface area contributed by atoms with Crippen molar-refractivity contribution in [1.82, 2.24) is 4.98 Å². The lowest BCUT2D eigenvalue weighted by Crippen LogP contribution is -2.25.